The molecule has 0 saturated heterocycles. The quantitative estimate of drug-likeness (QED) is 0.394. The van der Waals surface area contributed by atoms with Gasteiger partial charge in [-0.25, -0.2) is 4.98 Å². The summed E-state index contributed by atoms with van der Waals surface area (Å²) in [5, 5.41) is 4.03. The Morgan fingerprint density at radius 1 is 1.00 bits per heavy atom. The summed E-state index contributed by atoms with van der Waals surface area (Å²) in [6, 6.07) is 19.9. The number of halogens is 2. The first-order valence-corrected chi connectivity index (χ1v) is 9.24. The van der Waals surface area contributed by atoms with E-state index in [0.717, 1.165) is 11.1 Å². The summed E-state index contributed by atoms with van der Waals surface area (Å²) in [6.45, 7) is 0. The van der Waals surface area contributed by atoms with Crippen LogP contribution in [0.15, 0.2) is 77.2 Å². The number of amides is 1. The van der Waals surface area contributed by atoms with Crippen molar-refractivity contribution >= 4 is 52.0 Å². The van der Waals surface area contributed by atoms with Gasteiger partial charge in [0.15, 0.2) is 5.58 Å². The van der Waals surface area contributed by atoms with Gasteiger partial charge in [-0.3, -0.25) is 4.79 Å². The SMILES string of the molecule is O=C(/C=C/c1ccc(Cl)cc1)Nc1ccc2nc(-c3ccccc3Cl)oc2c1. The maximum Gasteiger partial charge on any atom is 0.248 e. The minimum Gasteiger partial charge on any atom is -0.436 e. The van der Waals surface area contributed by atoms with E-state index in [1.165, 1.54) is 6.08 Å². The van der Waals surface area contributed by atoms with Gasteiger partial charge in [-0.15, -0.1) is 0 Å². The summed E-state index contributed by atoms with van der Waals surface area (Å²) in [7, 11) is 0. The second-order valence-corrected chi connectivity index (χ2v) is 6.90. The first kappa shape index (κ1) is 18.3. The van der Waals surface area contributed by atoms with Gasteiger partial charge in [0.2, 0.25) is 11.8 Å². The number of hydrogen-bond acceptors (Lipinski definition) is 3. The maximum absolute atomic E-state index is 12.2. The lowest BCUT2D eigenvalue weighted by Crippen LogP contribution is -2.07. The number of hydrogen-bond donors (Lipinski definition) is 1. The number of nitrogens with one attached hydrogen (secondary N) is 1. The van der Waals surface area contributed by atoms with Gasteiger partial charge in [0.1, 0.15) is 5.52 Å². The Hall–Kier alpha value is -3.08. The molecule has 4 rings (SSSR count). The van der Waals surface area contributed by atoms with Crippen molar-refractivity contribution in [1.82, 2.24) is 4.98 Å². The van der Waals surface area contributed by atoms with E-state index >= 15 is 0 Å². The molecule has 0 unspecified atom stereocenters. The zero-order valence-electron chi connectivity index (χ0n) is 14.5. The number of carbonyl (C=O) groups is 1. The van der Waals surface area contributed by atoms with E-state index in [1.54, 1.807) is 42.5 Å². The van der Waals surface area contributed by atoms with Gasteiger partial charge in [-0.05, 0) is 48.0 Å². The molecule has 0 fully saturated rings. The predicted molar refractivity (Wildman–Crippen MR) is 114 cm³/mol. The summed E-state index contributed by atoms with van der Waals surface area (Å²) in [5.74, 6) is 0.187. The second kappa shape index (κ2) is 7.89. The van der Waals surface area contributed by atoms with Gasteiger partial charge < -0.3 is 9.73 Å². The van der Waals surface area contributed by atoms with E-state index in [-0.39, 0.29) is 5.91 Å². The molecule has 4 aromatic rings. The molecular formula is C22H14Cl2N2O2. The van der Waals surface area contributed by atoms with Gasteiger partial charge in [-0.2, -0.15) is 0 Å². The zero-order valence-corrected chi connectivity index (χ0v) is 16.0. The molecule has 0 radical (unpaired) electrons. The van der Waals surface area contributed by atoms with Crippen LogP contribution in [-0.2, 0) is 4.79 Å². The lowest BCUT2D eigenvalue weighted by molar-refractivity contribution is -0.111. The Kier molecular flexibility index (Phi) is 5.15. The summed E-state index contributed by atoms with van der Waals surface area (Å²) in [5.41, 5.74) is 3.46. The van der Waals surface area contributed by atoms with E-state index in [2.05, 4.69) is 10.3 Å². The van der Waals surface area contributed by atoms with E-state index in [4.69, 9.17) is 27.6 Å². The predicted octanol–water partition coefficient (Wildman–Crippen LogP) is 6.45. The lowest BCUT2D eigenvalue weighted by Gasteiger charge is -2.01. The van der Waals surface area contributed by atoms with Crippen molar-refractivity contribution in [3.8, 4) is 11.5 Å². The van der Waals surface area contributed by atoms with Crippen molar-refractivity contribution in [2.45, 2.75) is 0 Å². The number of benzene rings is 3. The van der Waals surface area contributed by atoms with E-state index in [0.29, 0.717) is 32.7 Å². The van der Waals surface area contributed by atoms with Crippen LogP contribution in [-0.4, -0.2) is 10.9 Å². The van der Waals surface area contributed by atoms with Crippen molar-refractivity contribution in [3.63, 3.8) is 0 Å². The summed E-state index contributed by atoms with van der Waals surface area (Å²) < 4.78 is 5.82. The molecule has 0 spiro atoms. The molecule has 0 atom stereocenters. The van der Waals surface area contributed by atoms with Gasteiger partial charge in [0.05, 0.1) is 10.6 Å². The van der Waals surface area contributed by atoms with Crippen LogP contribution < -0.4 is 5.32 Å². The Morgan fingerprint density at radius 3 is 2.57 bits per heavy atom. The molecule has 0 aliphatic heterocycles. The molecule has 3 aromatic carbocycles. The van der Waals surface area contributed by atoms with Crippen molar-refractivity contribution in [1.29, 1.82) is 0 Å². The fraction of sp³-hybridized carbons (Fsp3) is 0. The van der Waals surface area contributed by atoms with Gasteiger partial charge >= 0.3 is 0 Å². The highest BCUT2D eigenvalue weighted by atomic mass is 35.5. The molecule has 6 heteroatoms. The highest BCUT2D eigenvalue weighted by molar-refractivity contribution is 6.33. The normalized spacial score (nSPS) is 11.2. The van der Waals surface area contributed by atoms with Gasteiger partial charge in [-0.1, -0.05) is 47.5 Å². The van der Waals surface area contributed by atoms with Crippen LogP contribution >= 0.6 is 23.2 Å². The fourth-order valence-electron chi connectivity index (χ4n) is 2.68. The highest BCUT2D eigenvalue weighted by Crippen LogP contribution is 2.30. The average molecular weight is 409 g/mol. The van der Waals surface area contributed by atoms with E-state index in [9.17, 15) is 4.79 Å². The fourth-order valence-corrected chi connectivity index (χ4v) is 3.02. The van der Waals surface area contributed by atoms with Crippen molar-refractivity contribution in [2.24, 2.45) is 0 Å². The van der Waals surface area contributed by atoms with Crippen LogP contribution in [0.5, 0.6) is 0 Å². The Morgan fingerprint density at radius 2 is 1.79 bits per heavy atom. The molecule has 0 aliphatic rings. The van der Waals surface area contributed by atoms with Crippen molar-refractivity contribution in [2.75, 3.05) is 5.32 Å². The van der Waals surface area contributed by atoms with Crippen LogP contribution in [0.1, 0.15) is 5.56 Å². The third-order valence-electron chi connectivity index (χ3n) is 4.06. The van der Waals surface area contributed by atoms with E-state index in [1.807, 2.05) is 30.3 Å². The molecular weight excluding hydrogens is 395 g/mol. The first-order chi connectivity index (χ1) is 13.6. The number of aromatic nitrogens is 1. The molecule has 0 bridgehead atoms. The third-order valence-corrected chi connectivity index (χ3v) is 4.64. The molecule has 0 saturated carbocycles. The van der Waals surface area contributed by atoms with Crippen LogP contribution in [0.2, 0.25) is 10.0 Å². The Balaban J connectivity index is 1.52. The monoisotopic (exact) mass is 408 g/mol. The largest absolute Gasteiger partial charge is 0.436 e. The maximum atomic E-state index is 12.2. The molecule has 0 aliphatic carbocycles. The summed E-state index contributed by atoms with van der Waals surface area (Å²) in [6.07, 6.45) is 3.18. The van der Waals surface area contributed by atoms with Crippen LogP contribution in [0.25, 0.3) is 28.6 Å². The minimum absolute atomic E-state index is 0.250. The Bertz CT molecular complexity index is 1180. The van der Waals surface area contributed by atoms with Gasteiger partial charge in [0, 0.05) is 22.9 Å². The van der Waals surface area contributed by atoms with Crippen molar-refractivity contribution in [3.05, 3.63) is 88.4 Å². The van der Waals surface area contributed by atoms with Crippen LogP contribution in [0.3, 0.4) is 0 Å². The first-order valence-electron chi connectivity index (χ1n) is 8.48. The molecule has 1 heterocycles. The highest BCUT2D eigenvalue weighted by Gasteiger charge is 2.12. The van der Waals surface area contributed by atoms with Gasteiger partial charge in [0.25, 0.3) is 0 Å². The van der Waals surface area contributed by atoms with Crippen LogP contribution in [0.4, 0.5) is 5.69 Å². The number of nitrogens with zero attached hydrogens (tertiary/aromatic N) is 1. The molecule has 138 valence electrons. The molecule has 1 amide bonds. The minimum atomic E-state index is -0.250. The zero-order chi connectivity index (χ0) is 19.5. The lowest BCUT2D eigenvalue weighted by atomic mass is 10.2. The second-order valence-electron chi connectivity index (χ2n) is 6.06. The molecule has 28 heavy (non-hydrogen) atoms. The smallest absolute Gasteiger partial charge is 0.248 e. The standard InChI is InChI=1S/C22H14Cl2N2O2/c23-15-8-5-14(6-9-15)7-12-21(27)25-16-10-11-19-20(13-16)28-22(26-19)17-3-1-2-4-18(17)24/h1-13H,(H,25,27)/b12-7+. The number of fused-ring (bicyclic) bond motifs is 1. The number of rotatable bonds is 4. The average Bonchev–Trinajstić information content (AvgIpc) is 3.11. The number of oxazole rings is 1. The topological polar surface area (TPSA) is 55.1 Å². The molecule has 1 N–H and O–H groups in total. The van der Waals surface area contributed by atoms with E-state index < -0.39 is 0 Å². The third kappa shape index (κ3) is 4.09. The van der Waals surface area contributed by atoms with Crippen LogP contribution in [0, 0.1) is 0 Å². The number of carbonyl (C=O) groups excluding carboxylic acids is 1. The molecule has 1 aromatic heterocycles. The number of anilines is 1. The summed E-state index contributed by atoms with van der Waals surface area (Å²) in [4.78, 5) is 16.6. The molecule has 4 nitrogen and oxygen atoms in total. The Labute approximate surface area is 171 Å². The summed E-state index contributed by atoms with van der Waals surface area (Å²) >= 11 is 12.1. The van der Waals surface area contributed by atoms with Crippen molar-refractivity contribution < 1.29 is 9.21 Å².